The third-order valence-corrected chi connectivity index (χ3v) is 6.17. The lowest BCUT2D eigenvalue weighted by Gasteiger charge is -2.21. The molecule has 0 aliphatic rings. The molecule has 7 heteroatoms. The average molecular weight is 454 g/mol. The largest absolute Gasteiger partial charge is 0.329 e. The molecule has 0 saturated carbocycles. The first-order valence-corrected chi connectivity index (χ1v) is 10.8. The molecule has 4 rings (SSSR count). The van der Waals surface area contributed by atoms with E-state index in [2.05, 4.69) is 9.97 Å². The van der Waals surface area contributed by atoms with Crippen LogP contribution in [0.1, 0.15) is 16.3 Å². The Labute approximate surface area is 188 Å². The Hall–Kier alpha value is -2.73. The molecule has 4 aromatic rings. The van der Waals surface area contributed by atoms with Gasteiger partial charge < -0.3 is 4.90 Å². The van der Waals surface area contributed by atoms with Crippen LogP contribution in [0, 0.1) is 0 Å². The Kier molecular flexibility index (Phi) is 6.43. The van der Waals surface area contributed by atoms with E-state index in [-0.39, 0.29) is 5.91 Å². The number of rotatable bonds is 6. The topological polar surface area (TPSA) is 46.1 Å². The van der Waals surface area contributed by atoms with Gasteiger partial charge >= 0.3 is 0 Å². The first-order valence-electron chi connectivity index (χ1n) is 9.25. The second-order valence-electron chi connectivity index (χ2n) is 6.62. The summed E-state index contributed by atoms with van der Waals surface area (Å²) in [5.41, 5.74) is 2.62. The van der Waals surface area contributed by atoms with E-state index in [9.17, 15) is 4.79 Å². The molecule has 150 valence electrons. The van der Waals surface area contributed by atoms with Crippen molar-refractivity contribution >= 4 is 56.7 Å². The highest BCUT2D eigenvalue weighted by atomic mass is 35.5. The van der Waals surface area contributed by atoms with Crippen molar-refractivity contribution in [3.8, 4) is 0 Å². The molecule has 0 N–H and O–H groups in total. The molecule has 4 nitrogen and oxygen atoms in total. The second kappa shape index (κ2) is 9.39. The summed E-state index contributed by atoms with van der Waals surface area (Å²) in [5, 5.41) is 1.74. The quantitative estimate of drug-likeness (QED) is 0.324. The summed E-state index contributed by atoms with van der Waals surface area (Å²) >= 11 is 13.7. The van der Waals surface area contributed by atoms with E-state index in [4.69, 9.17) is 23.2 Å². The molecule has 2 aromatic carbocycles. The van der Waals surface area contributed by atoms with Gasteiger partial charge in [-0.25, -0.2) is 4.98 Å². The van der Waals surface area contributed by atoms with Crippen molar-refractivity contribution in [2.75, 3.05) is 0 Å². The number of carbonyl (C=O) groups is 1. The minimum Gasteiger partial charge on any atom is -0.329 e. The van der Waals surface area contributed by atoms with Crippen LogP contribution in [0.2, 0.25) is 10.0 Å². The molecule has 0 aliphatic carbocycles. The fourth-order valence-corrected chi connectivity index (χ4v) is 4.16. The Morgan fingerprint density at radius 3 is 2.60 bits per heavy atom. The smallest absolute Gasteiger partial charge is 0.247 e. The van der Waals surface area contributed by atoms with Crippen molar-refractivity contribution in [3.63, 3.8) is 0 Å². The summed E-state index contributed by atoms with van der Waals surface area (Å²) in [6.45, 7) is 0.764. The molecule has 2 heterocycles. The Bertz CT molecular complexity index is 1170. The van der Waals surface area contributed by atoms with E-state index in [0.717, 1.165) is 26.5 Å². The molecular weight excluding hydrogens is 437 g/mol. The molecule has 0 spiro atoms. The molecule has 0 aliphatic heterocycles. The predicted molar refractivity (Wildman–Crippen MR) is 124 cm³/mol. The lowest BCUT2D eigenvalue weighted by molar-refractivity contribution is -0.127. The molecule has 0 unspecified atom stereocenters. The number of thiazole rings is 1. The van der Waals surface area contributed by atoms with E-state index >= 15 is 0 Å². The highest BCUT2D eigenvalue weighted by Crippen LogP contribution is 2.24. The molecule has 2 aromatic heterocycles. The van der Waals surface area contributed by atoms with Crippen LogP contribution < -0.4 is 0 Å². The van der Waals surface area contributed by atoms with Crippen molar-refractivity contribution < 1.29 is 4.79 Å². The lowest BCUT2D eigenvalue weighted by Crippen LogP contribution is -2.28. The monoisotopic (exact) mass is 453 g/mol. The third kappa shape index (κ3) is 5.05. The Morgan fingerprint density at radius 2 is 1.83 bits per heavy atom. The SMILES string of the molecule is O=C(C=Cc1nc2ccccc2s1)N(Cc1ccc(Cl)c(Cl)c1)Cc1ccccn1. The molecule has 1 amide bonds. The fraction of sp³-hybridized carbons (Fsp3) is 0.0870. The van der Waals surface area contributed by atoms with Gasteiger partial charge in [-0.2, -0.15) is 0 Å². The van der Waals surface area contributed by atoms with Gasteiger partial charge in [-0.3, -0.25) is 9.78 Å². The maximum absolute atomic E-state index is 13.0. The molecule has 0 atom stereocenters. The average Bonchev–Trinajstić information content (AvgIpc) is 3.18. The van der Waals surface area contributed by atoms with Crippen LogP contribution in [0.25, 0.3) is 16.3 Å². The van der Waals surface area contributed by atoms with Crippen LogP contribution in [-0.2, 0) is 17.9 Å². The maximum Gasteiger partial charge on any atom is 0.247 e. The fourth-order valence-electron chi connectivity index (χ4n) is 2.97. The van der Waals surface area contributed by atoms with Gasteiger partial charge in [0, 0.05) is 18.8 Å². The summed E-state index contributed by atoms with van der Waals surface area (Å²) in [6, 6.07) is 18.9. The Morgan fingerprint density at radius 1 is 1.00 bits per heavy atom. The minimum absolute atomic E-state index is 0.133. The number of nitrogens with zero attached hydrogens (tertiary/aromatic N) is 3. The number of benzene rings is 2. The van der Waals surface area contributed by atoms with Gasteiger partial charge in [0.2, 0.25) is 5.91 Å². The number of aromatic nitrogens is 2. The maximum atomic E-state index is 13.0. The van der Waals surface area contributed by atoms with Crippen molar-refractivity contribution in [3.05, 3.63) is 99.2 Å². The van der Waals surface area contributed by atoms with Crippen LogP contribution in [0.15, 0.2) is 72.9 Å². The molecule has 30 heavy (non-hydrogen) atoms. The highest BCUT2D eigenvalue weighted by molar-refractivity contribution is 7.19. The van der Waals surface area contributed by atoms with Crippen molar-refractivity contribution in [1.82, 2.24) is 14.9 Å². The summed E-state index contributed by atoms with van der Waals surface area (Å²) < 4.78 is 1.09. The zero-order chi connectivity index (χ0) is 20.9. The van der Waals surface area contributed by atoms with Crippen molar-refractivity contribution in [1.29, 1.82) is 0 Å². The van der Waals surface area contributed by atoms with E-state index in [1.165, 1.54) is 0 Å². The van der Waals surface area contributed by atoms with E-state index in [0.29, 0.717) is 23.1 Å². The first-order chi connectivity index (χ1) is 14.6. The van der Waals surface area contributed by atoms with E-state index in [1.54, 1.807) is 46.7 Å². The first kappa shape index (κ1) is 20.5. The standard InChI is InChI=1S/C23H17Cl2N3OS/c24-18-9-8-16(13-19(18)25)14-28(15-17-5-3-4-12-26-17)23(29)11-10-22-27-20-6-1-2-7-21(20)30-22/h1-13H,14-15H2. The minimum atomic E-state index is -0.133. The zero-order valence-corrected chi connectivity index (χ0v) is 18.2. The molecule has 0 radical (unpaired) electrons. The van der Waals surface area contributed by atoms with E-state index < -0.39 is 0 Å². The number of carbonyl (C=O) groups excluding carboxylic acids is 1. The Balaban J connectivity index is 1.56. The lowest BCUT2D eigenvalue weighted by atomic mass is 10.2. The number of para-hydroxylation sites is 1. The van der Waals surface area contributed by atoms with Crippen molar-refractivity contribution in [2.45, 2.75) is 13.1 Å². The van der Waals surface area contributed by atoms with Crippen LogP contribution in [-0.4, -0.2) is 20.8 Å². The molecule has 0 bridgehead atoms. The summed E-state index contributed by atoms with van der Waals surface area (Å²) in [7, 11) is 0. The van der Waals surface area contributed by atoms with Crippen LogP contribution in [0.5, 0.6) is 0 Å². The second-order valence-corrected chi connectivity index (χ2v) is 8.49. The van der Waals surface area contributed by atoms with Crippen LogP contribution in [0.3, 0.4) is 0 Å². The predicted octanol–water partition coefficient (Wildman–Crippen LogP) is 6.24. The zero-order valence-electron chi connectivity index (χ0n) is 15.8. The summed E-state index contributed by atoms with van der Waals surface area (Å²) in [6.07, 6.45) is 5.03. The highest BCUT2D eigenvalue weighted by Gasteiger charge is 2.14. The van der Waals surface area contributed by atoms with Gasteiger partial charge in [0.25, 0.3) is 0 Å². The van der Waals surface area contributed by atoms with Crippen molar-refractivity contribution in [2.24, 2.45) is 0 Å². The van der Waals surface area contributed by atoms with Gasteiger partial charge in [-0.15, -0.1) is 11.3 Å². The number of halogens is 2. The van der Waals surface area contributed by atoms with Crippen LogP contribution in [0.4, 0.5) is 0 Å². The molecular formula is C23H17Cl2N3OS. The van der Waals surface area contributed by atoms with E-state index in [1.807, 2.05) is 48.5 Å². The third-order valence-electron chi connectivity index (χ3n) is 4.43. The van der Waals surface area contributed by atoms with Gasteiger partial charge in [0.1, 0.15) is 5.01 Å². The van der Waals surface area contributed by atoms with Crippen LogP contribution >= 0.6 is 34.5 Å². The molecule has 0 fully saturated rings. The number of pyridine rings is 1. The summed E-state index contributed by atoms with van der Waals surface area (Å²) in [4.78, 5) is 23.6. The molecule has 0 saturated heterocycles. The van der Waals surface area contributed by atoms with Gasteiger partial charge in [-0.1, -0.05) is 47.5 Å². The number of hydrogen-bond acceptors (Lipinski definition) is 4. The normalized spacial score (nSPS) is 11.3. The van der Waals surface area contributed by atoms with Gasteiger partial charge in [0.05, 0.1) is 32.5 Å². The number of hydrogen-bond donors (Lipinski definition) is 0. The summed E-state index contributed by atoms with van der Waals surface area (Å²) in [5.74, 6) is -0.133. The number of fused-ring (bicyclic) bond motifs is 1. The number of amides is 1. The van der Waals surface area contributed by atoms with Gasteiger partial charge in [-0.05, 0) is 48.0 Å². The van der Waals surface area contributed by atoms with Gasteiger partial charge in [0.15, 0.2) is 0 Å².